The molecule has 3 aliphatic rings. The molecule has 1 aliphatic heterocycles. The van der Waals surface area contributed by atoms with E-state index in [1.807, 2.05) is 6.20 Å². The minimum Gasteiger partial charge on any atom is -0.334 e. The van der Waals surface area contributed by atoms with E-state index in [1.54, 1.807) is 0 Å². The first-order valence-corrected chi connectivity index (χ1v) is 8.73. The standard InChI is InChI=1S/C17H28N4/c1-14-18-8-9-20(14)10-11-21-12-16(15-4-5-15)19-13-17(21)6-2-3-7-17/h8-9,15-16,19H,2-7,10-13H2,1H3. The maximum absolute atomic E-state index is 4.35. The van der Waals surface area contributed by atoms with Gasteiger partial charge in [0, 0.05) is 50.2 Å². The first-order valence-electron chi connectivity index (χ1n) is 8.73. The largest absolute Gasteiger partial charge is 0.334 e. The average molecular weight is 288 g/mol. The molecule has 0 radical (unpaired) electrons. The highest BCUT2D eigenvalue weighted by molar-refractivity contribution is 5.04. The molecule has 0 amide bonds. The number of hydrogen-bond acceptors (Lipinski definition) is 3. The van der Waals surface area contributed by atoms with Gasteiger partial charge in [-0.3, -0.25) is 4.90 Å². The van der Waals surface area contributed by atoms with Crippen LogP contribution in [0.3, 0.4) is 0 Å². The molecule has 1 aromatic heterocycles. The molecule has 1 spiro atoms. The van der Waals surface area contributed by atoms with E-state index in [9.17, 15) is 0 Å². The van der Waals surface area contributed by atoms with Crippen LogP contribution < -0.4 is 5.32 Å². The van der Waals surface area contributed by atoms with E-state index in [1.165, 1.54) is 58.2 Å². The van der Waals surface area contributed by atoms with Crippen molar-refractivity contribution in [1.29, 1.82) is 0 Å². The lowest BCUT2D eigenvalue weighted by atomic mass is 9.90. The van der Waals surface area contributed by atoms with E-state index < -0.39 is 0 Å². The number of nitrogens with one attached hydrogen (secondary N) is 1. The van der Waals surface area contributed by atoms with Crippen LogP contribution in [0.25, 0.3) is 0 Å². The van der Waals surface area contributed by atoms with Crippen LogP contribution >= 0.6 is 0 Å². The number of aromatic nitrogens is 2. The van der Waals surface area contributed by atoms with Gasteiger partial charge < -0.3 is 9.88 Å². The lowest BCUT2D eigenvalue weighted by Gasteiger charge is -2.48. The highest BCUT2D eigenvalue weighted by atomic mass is 15.3. The molecule has 1 atom stereocenters. The Hall–Kier alpha value is -0.870. The second kappa shape index (κ2) is 5.40. The molecule has 2 saturated carbocycles. The van der Waals surface area contributed by atoms with Gasteiger partial charge in [-0.1, -0.05) is 12.8 Å². The van der Waals surface area contributed by atoms with Crippen molar-refractivity contribution in [2.45, 2.75) is 63.6 Å². The number of nitrogens with zero attached hydrogens (tertiary/aromatic N) is 3. The van der Waals surface area contributed by atoms with E-state index in [2.05, 4.69) is 32.9 Å². The molecule has 4 nitrogen and oxygen atoms in total. The summed E-state index contributed by atoms with van der Waals surface area (Å²) in [4.78, 5) is 7.19. The van der Waals surface area contributed by atoms with Crippen LogP contribution in [-0.2, 0) is 6.54 Å². The first kappa shape index (κ1) is 13.8. The molecule has 1 aromatic rings. The number of hydrogen-bond donors (Lipinski definition) is 1. The molecule has 1 unspecified atom stereocenters. The van der Waals surface area contributed by atoms with E-state index in [0.717, 1.165) is 24.3 Å². The smallest absolute Gasteiger partial charge is 0.105 e. The highest BCUT2D eigenvalue weighted by Crippen LogP contribution is 2.41. The fraction of sp³-hybridized carbons (Fsp3) is 0.824. The quantitative estimate of drug-likeness (QED) is 0.922. The second-order valence-corrected chi connectivity index (χ2v) is 7.37. The van der Waals surface area contributed by atoms with Crippen molar-refractivity contribution in [3.63, 3.8) is 0 Å². The summed E-state index contributed by atoms with van der Waals surface area (Å²) in [5.74, 6) is 2.10. The number of imidazole rings is 1. The van der Waals surface area contributed by atoms with Crippen molar-refractivity contribution >= 4 is 0 Å². The Kier molecular flexibility index (Phi) is 3.54. The zero-order chi connectivity index (χ0) is 14.3. The molecule has 1 saturated heterocycles. The summed E-state index contributed by atoms with van der Waals surface area (Å²) in [6.07, 6.45) is 12.5. The van der Waals surface area contributed by atoms with E-state index in [0.29, 0.717) is 5.54 Å². The van der Waals surface area contributed by atoms with E-state index in [-0.39, 0.29) is 0 Å². The average Bonchev–Trinajstić information content (AvgIpc) is 3.11. The Morgan fingerprint density at radius 2 is 2.10 bits per heavy atom. The van der Waals surface area contributed by atoms with Crippen LogP contribution in [0.15, 0.2) is 12.4 Å². The van der Waals surface area contributed by atoms with Crippen LogP contribution in [0, 0.1) is 12.8 Å². The normalized spacial score (nSPS) is 29.3. The van der Waals surface area contributed by atoms with Gasteiger partial charge >= 0.3 is 0 Å². The number of aryl methyl sites for hydroxylation is 1. The van der Waals surface area contributed by atoms with Crippen molar-refractivity contribution in [1.82, 2.24) is 19.8 Å². The van der Waals surface area contributed by atoms with Gasteiger partial charge in [-0.25, -0.2) is 4.98 Å². The molecule has 21 heavy (non-hydrogen) atoms. The Balaban J connectivity index is 1.46. The summed E-state index contributed by atoms with van der Waals surface area (Å²) in [5, 5.41) is 3.89. The summed E-state index contributed by atoms with van der Waals surface area (Å²) in [6, 6.07) is 0.750. The van der Waals surface area contributed by atoms with Crippen molar-refractivity contribution in [3.8, 4) is 0 Å². The summed E-state index contributed by atoms with van der Waals surface area (Å²) in [7, 11) is 0. The van der Waals surface area contributed by atoms with Gasteiger partial charge in [0.15, 0.2) is 0 Å². The van der Waals surface area contributed by atoms with Crippen molar-refractivity contribution in [2.24, 2.45) is 5.92 Å². The van der Waals surface area contributed by atoms with Gasteiger partial charge in [-0.2, -0.15) is 0 Å². The van der Waals surface area contributed by atoms with Crippen molar-refractivity contribution in [3.05, 3.63) is 18.2 Å². The van der Waals surface area contributed by atoms with Crippen molar-refractivity contribution < 1.29 is 0 Å². The molecule has 4 rings (SSSR count). The van der Waals surface area contributed by atoms with Gasteiger partial charge in [0.05, 0.1) is 0 Å². The zero-order valence-electron chi connectivity index (χ0n) is 13.2. The minimum atomic E-state index is 0.458. The zero-order valence-corrected chi connectivity index (χ0v) is 13.2. The van der Waals surface area contributed by atoms with Gasteiger partial charge in [0.25, 0.3) is 0 Å². The Morgan fingerprint density at radius 3 is 2.76 bits per heavy atom. The summed E-state index contributed by atoms with van der Waals surface area (Å²) < 4.78 is 2.30. The molecular formula is C17H28N4. The first-order chi connectivity index (χ1) is 10.3. The lowest BCUT2D eigenvalue weighted by molar-refractivity contribution is 0.0353. The number of piperazine rings is 1. The summed E-state index contributed by atoms with van der Waals surface area (Å²) in [6.45, 7) is 6.86. The van der Waals surface area contributed by atoms with Crippen LogP contribution in [0.5, 0.6) is 0 Å². The van der Waals surface area contributed by atoms with Crippen LogP contribution in [0.4, 0.5) is 0 Å². The molecule has 2 aliphatic carbocycles. The fourth-order valence-electron chi connectivity index (χ4n) is 4.47. The molecule has 0 aromatic carbocycles. The third-order valence-electron chi connectivity index (χ3n) is 6.04. The summed E-state index contributed by atoms with van der Waals surface area (Å²) >= 11 is 0. The molecule has 3 fully saturated rings. The van der Waals surface area contributed by atoms with Gasteiger partial charge in [-0.15, -0.1) is 0 Å². The third kappa shape index (κ3) is 2.64. The molecule has 1 N–H and O–H groups in total. The Labute approximate surface area is 127 Å². The van der Waals surface area contributed by atoms with Gasteiger partial charge in [-0.05, 0) is 38.5 Å². The maximum Gasteiger partial charge on any atom is 0.105 e. The summed E-state index contributed by atoms with van der Waals surface area (Å²) in [5.41, 5.74) is 0.458. The van der Waals surface area contributed by atoms with Gasteiger partial charge in [0.1, 0.15) is 5.82 Å². The van der Waals surface area contributed by atoms with Gasteiger partial charge in [0.2, 0.25) is 0 Å². The molecule has 4 heteroatoms. The van der Waals surface area contributed by atoms with Crippen LogP contribution in [-0.4, -0.2) is 45.7 Å². The second-order valence-electron chi connectivity index (χ2n) is 7.37. The predicted octanol–water partition coefficient (Wildman–Crippen LogP) is 2.19. The molecule has 116 valence electrons. The molecular weight excluding hydrogens is 260 g/mol. The van der Waals surface area contributed by atoms with E-state index >= 15 is 0 Å². The van der Waals surface area contributed by atoms with Crippen LogP contribution in [0.2, 0.25) is 0 Å². The molecule has 2 heterocycles. The number of rotatable bonds is 4. The highest BCUT2D eigenvalue weighted by Gasteiger charge is 2.46. The van der Waals surface area contributed by atoms with Crippen LogP contribution in [0.1, 0.15) is 44.3 Å². The Bertz CT molecular complexity index is 485. The SMILES string of the molecule is Cc1nccn1CCN1CC(C2CC2)NCC12CCCC2. The Morgan fingerprint density at radius 1 is 1.29 bits per heavy atom. The van der Waals surface area contributed by atoms with Crippen molar-refractivity contribution in [2.75, 3.05) is 19.6 Å². The minimum absolute atomic E-state index is 0.458. The molecule has 0 bridgehead atoms. The fourth-order valence-corrected chi connectivity index (χ4v) is 4.47. The third-order valence-corrected chi connectivity index (χ3v) is 6.04. The predicted molar refractivity (Wildman–Crippen MR) is 84.3 cm³/mol. The topological polar surface area (TPSA) is 33.1 Å². The van der Waals surface area contributed by atoms with E-state index in [4.69, 9.17) is 0 Å². The lowest BCUT2D eigenvalue weighted by Crippen LogP contribution is -2.64. The monoisotopic (exact) mass is 288 g/mol. The maximum atomic E-state index is 4.35.